The molecule has 4 heteroatoms. The Balaban J connectivity index is 3.31. The molecule has 0 aromatic rings. The minimum atomic E-state index is -2.25. The molecule has 0 aromatic carbocycles. The van der Waals surface area contributed by atoms with E-state index in [2.05, 4.69) is 5.32 Å². The lowest BCUT2D eigenvalue weighted by molar-refractivity contribution is 0.144. The van der Waals surface area contributed by atoms with E-state index in [1.165, 1.54) is 0 Å². The van der Waals surface area contributed by atoms with Crippen molar-refractivity contribution < 1.29 is 8.78 Å². The van der Waals surface area contributed by atoms with Gasteiger partial charge in [-0.05, 0) is 18.9 Å². The van der Waals surface area contributed by atoms with E-state index >= 15 is 0 Å². The summed E-state index contributed by atoms with van der Waals surface area (Å²) in [6, 6.07) is 0. The van der Waals surface area contributed by atoms with E-state index < -0.39 is 6.43 Å². The molecule has 0 aliphatic carbocycles. The number of hydrogen-bond acceptors (Lipinski definition) is 1. The highest BCUT2D eigenvalue weighted by Crippen LogP contribution is 2.07. The van der Waals surface area contributed by atoms with Crippen molar-refractivity contribution in [2.45, 2.75) is 26.2 Å². The van der Waals surface area contributed by atoms with Crippen molar-refractivity contribution in [3.63, 3.8) is 0 Å². The molecule has 1 unspecified atom stereocenters. The molecule has 0 aliphatic rings. The molecule has 0 spiro atoms. The number of hydrogen-bond donors (Lipinski definition) is 1. The predicted octanol–water partition coefficient (Wildman–Crippen LogP) is 2.50. The first kappa shape index (κ1) is 12.1. The Hall–Kier alpha value is 0.110. The number of alkyl halides is 3. The lowest BCUT2D eigenvalue weighted by atomic mass is 10.0. The monoisotopic (exact) mass is 199 g/mol. The van der Waals surface area contributed by atoms with Crippen LogP contribution in [0, 0.1) is 5.92 Å². The van der Waals surface area contributed by atoms with Crippen LogP contribution in [-0.2, 0) is 0 Å². The Morgan fingerprint density at radius 2 is 2.00 bits per heavy atom. The van der Waals surface area contributed by atoms with Gasteiger partial charge in [0.25, 0.3) is 6.43 Å². The molecule has 12 heavy (non-hydrogen) atoms. The quantitative estimate of drug-likeness (QED) is 0.622. The fourth-order valence-electron chi connectivity index (χ4n) is 1.00. The van der Waals surface area contributed by atoms with E-state index in [0.29, 0.717) is 18.3 Å². The van der Waals surface area contributed by atoms with Crippen LogP contribution in [0.15, 0.2) is 0 Å². The minimum Gasteiger partial charge on any atom is -0.311 e. The van der Waals surface area contributed by atoms with E-state index in [0.717, 1.165) is 12.8 Å². The molecule has 0 heterocycles. The maximum Gasteiger partial charge on any atom is 0.250 e. The van der Waals surface area contributed by atoms with Crippen LogP contribution in [0.5, 0.6) is 0 Å². The van der Waals surface area contributed by atoms with Gasteiger partial charge in [0, 0.05) is 5.88 Å². The minimum absolute atomic E-state index is 0.210. The Labute approximate surface area is 77.5 Å². The average Bonchev–Trinajstić information content (AvgIpc) is 2.02. The van der Waals surface area contributed by atoms with E-state index in [1.54, 1.807) is 0 Å². The summed E-state index contributed by atoms with van der Waals surface area (Å²) in [6.45, 7) is 2.48. The molecule has 1 atom stereocenters. The van der Waals surface area contributed by atoms with Crippen molar-refractivity contribution in [2.75, 3.05) is 19.0 Å². The standard InChI is InChI=1S/C8H16ClF2N/c1-2-7(3-4-9)5-12-6-8(10)11/h7-8,12H,2-6H2,1H3. The van der Waals surface area contributed by atoms with Crippen molar-refractivity contribution in [3.05, 3.63) is 0 Å². The molecule has 74 valence electrons. The van der Waals surface area contributed by atoms with E-state index in [4.69, 9.17) is 11.6 Å². The number of rotatable bonds is 7. The smallest absolute Gasteiger partial charge is 0.250 e. The van der Waals surface area contributed by atoms with Gasteiger partial charge in [0.05, 0.1) is 6.54 Å². The first-order valence-electron chi connectivity index (χ1n) is 4.25. The molecule has 0 bridgehead atoms. The summed E-state index contributed by atoms with van der Waals surface area (Å²) in [7, 11) is 0. The molecule has 1 nitrogen and oxygen atoms in total. The summed E-state index contributed by atoms with van der Waals surface area (Å²) in [5.41, 5.74) is 0. The lowest BCUT2D eigenvalue weighted by Gasteiger charge is -2.13. The van der Waals surface area contributed by atoms with Crippen molar-refractivity contribution in [2.24, 2.45) is 5.92 Å². The van der Waals surface area contributed by atoms with Gasteiger partial charge in [-0.15, -0.1) is 11.6 Å². The highest BCUT2D eigenvalue weighted by Gasteiger charge is 2.06. The second-order valence-corrected chi connectivity index (χ2v) is 3.18. The Kier molecular flexibility index (Phi) is 7.81. The first-order valence-corrected chi connectivity index (χ1v) is 4.79. The second kappa shape index (κ2) is 7.74. The molecule has 0 rings (SSSR count). The fraction of sp³-hybridized carbons (Fsp3) is 1.00. The summed E-state index contributed by atoms with van der Waals surface area (Å²) in [4.78, 5) is 0. The third kappa shape index (κ3) is 6.80. The maximum atomic E-state index is 11.7. The third-order valence-corrected chi connectivity index (χ3v) is 2.04. The van der Waals surface area contributed by atoms with Crippen molar-refractivity contribution in [3.8, 4) is 0 Å². The predicted molar refractivity (Wildman–Crippen MR) is 48.0 cm³/mol. The summed E-state index contributed by atoms with van der Waals surface area (Å²) >= 11 is 5.54. The van der Waals surface area contributed by atoms with Gasteiger partial charge in [0.15, 0.2) is 0 Å². The summed E-state index contributed by atoms with van der Waals surface area (Å²) in [6.07, 6.45) is -0.365. The zero-order valence-corrected chi connectivity index (χ0v) is 8.08. The molecule has 0 aromatic heterocycles. The largest absolute Gasteiger partial charge is 0.311 e. The molecule has 1 N–H and O–H groups in total. The average molecular weight is 200 g/mol. The lowest BCUT2D eigenvalue weighted by Crippen LogP contribution is -2.27. The van der Waals surface area contributed by atoms with Gasteiger partial charge < -0.3 is 5.32 Å². The molecule has 0 saturated heterocycles. The molecule has 0 fully saturated rings. The topological polar surface area (TPSA) is 12.0 Å². The van der Waals surface area contributed by atoms with E-state index in [-0.39, 0.29) is 6.54 Å². The van der Waals surface area contributed by atoms with Crippen molar-refractivity contribution in [1.29, 1.82) is 0 Å². The third-order valence-electron chi connectivity index (χ3n) is 1.83. The van der Waals surface area contributed by atoms with Gasteiger partial charge >= 0.3 is 0 Å². The van der Waals surface area contributed by atoms with Crippen LogP contribution in [0.4, 0.5) is 8.78 Å². The Bertz CT molecular complexity index is 101. The first-order chi connectivity index (χ1) is 5.70. The second-order valence-electron chi connectivity index (χ2n) is 2.80. The Morgan fingerprint density at radius 3 is 2.42 bits per heavy atom. The van der Waals surface area contributed by atoms with Crippen LogP contribution < -0.4 is 5.32 Å². The number of nitrogens with one attached hydrogen (secondary N) is 1. The summed E-state index contributed by atoms with van der Waals surface area (Å²) in [5, 5.41) is 2.71. The van der Waals surface area contributed by atoms with Gasteiger partial charge in [-0.3, -0.25) is 0 Å². The van der Waals surface area contributed by atoms with Crippen LogP contribution in [-0.4, -0.2) is 25.4 Å². The maximum absolute atomic E-state index is 11.7. The van der Waals surface area contributed by atoms with Crippen molar-refractivity contribution in [1.82, 2.24) is 5.32 Å². The molecule has 0 radical (unpaired) electrons. The fourth-order valence-corrected chi connectivity index (χ4v) is 1.31. The molecule has 0 saturated carbocycles. The van der Waals surface area contributed by atoms with Gasteiger partial charge in [0.1, 0.15) is 0 Å². The highest BCUT2D eigenvalue weighted by atomic mass is 35.5. The SMILES string of the molecule is CCC(CCCl)CNCC(F)F. The van der Waals surface area contributed by atoms with Crippen molar-refractivity contribution >= 4 is 11.6 Å². The van der Waals surface area contributed by atoms with Gasteiger partial charge in [-0.1, -0.05) is 13.3 Å². The number of halogens is 3. The molecular weight excluding hydrogens is 184 g/mol. The normalized spacial score (nSPS) is 13.8. The van der Waals surface area contributed by atoms with E-state index in [1.807, 2.05) is 6.92 Å². The van der Waals surface area contributed by atoms with Crippen LogP contribution in [0.3, 0.4) is 0 Å². The Morgan fingerprint density at radius 1 is 1.33 bits per heavy atom. The van der Waals surface area contributed by atoms with Crippen LogP contribution in [0.1, 0.15) is 19.8 Å². The molecule has 0 aliphatic heterocycles. The van der Waals surface area contributed by atoms with Crippen LogP contribution in [0.2, 0.25) is 0 Å². The highest BCUT2D eigenvalue weighted by molar-refractivity contribution is 6.17. The summed E-state index contributed by atoms with van der Waals surface area (Å²) in [5.74, 6) is 1.04. The molecular formula is C8H16ClF2N. The van der Waals surface area contributed by atoms with Crippen LogP contribution >= 0.6 is 11.6 Å². The zero-order chi connectivity index (χ0) is 9.40. The zero-order valence-electron chi connectivity index (χ0n) is 7.32. The van der Waals surface area contributed by atoms with Gasteiger partial charge in [-0.2, -0.15) is 0 Å². The van der Waals surface area contributed by atoms with E-state index in [9.17, 15) is 8.78 Å². The van der Waals surface area contributed by atoms with Gasteiger partial charge in [0.2, 0.25) is 0 Å². The molecule has 0 amide bonds. The van der Waals surface area contributed by atoms with Crippen LogP contribution in [0.25, 0.3) is 0 Å². The van der Waals surface area contributed by atoms with Gasteiger partial charge in [-0.25, -0.2) is 8.78 Å². The summed E-state index contributed by atoms with van der Waals surface area (Å²) < 4.78 is 23.4.